The van der Waals surface area contributed by atoms with Gasteiger partial charge in [0.1, 0.15) is 11.5 Å². The lowest BCUT2D eigenvalue weighted by Crippen LogP contribution is -2.52. The normalized spacial score (nSPS) is 23.8. The number of carbonyl (C=O) groups is 1. The van der Waals surface area contributed by atoms with Crippen molar-refractivity contribution in [1.82, 2.24) is 14.9 Å². The van der Waals surface area contributed by atoms with Crippen LogP contribution in [-0.4, -0.2) is 47.6 Å². The Kier molecular flexibility index (Phi) is 4.59. The topological polar surface area (TPSA) is 58.2 Å². The molecule has 1 aromatic heterocycles. The average molecular weight is 345 g/mol. The molecule has 0 bridgehead atoms. The number of amides is 1. The molecule has 3 rings (SSSR count). The van der Waals surface area contributed by atoms with Gasteiger partial charge in [-0.05, 0) is 25.7 Å². The summed E-state index contributed by atoms with van der Waals surface area (Å²) in [7, 11) is 1.59. The van der Waals surface area contributed by atoms with Crippen LogP contribution in [0.5, 0.6) is 0 Å². The van der Waals surface area contributed by atoms with E-state index in [0.717, 1.165) is 38.3 Å². The molecule has 5 nitrogen and oxygen atoms in total. The van der Waals surface area contributed by atoms with Crippen LogP contribution < -0.4 is 0 Å². The number of ether oxygens (including phenoxy) is 1. The highest BCUT2D eigenvalue weighted by Gasteiger charge is 2.47. The van der Waals surface area contributed by atoms with Gasteiger partial charge in [0.05, 0.1) is 18.2 Å². The number of aromatic nitrogens is 2. The fourth-order valence-electron chi connectivity index (χ4n) is 3.71. The van der Waals surface area contributed by atoms with Gasteiger partial charge in [0.25, 0.3) is 0 Å². The van der Waals surface area contributed by atoms with Crippen LogP contribution in [-0.2, 0) is 15.7 Å². The number of piperidine rings is 1. The molecule has 1 aliphatic heterocycles. The fraction of sp³-hybridized carbons (Fsp3) is 0.750. The maximum atomic E-state index is 12.9. The summed E-state index contributed by atoms with van der Waals surface area (Å²) in [6, 6.07) is 0. The smallest absolute Gasteiger partial charge is 0.384 e. The first-order valence-electron chi connectivity index (χ1n) is 8.26. The molecule has 0 spiro atoms. The van der Waals surface area contributed by atoms with Crippen molar-refractivity contribution < 1.29 is 22.7 Å². The molecule has 134 valence electrons. The lowest BCUT2D eigenvalue weighted by molar-refractivity contribution is -0.153. The van der Waals surface area contributed by atoms with Crippen molar-refractivity contribution in [2.45, 2.75) is 44.2 Å². The van der Waals surface area contributed by atoms with Crippen molar-refractivity contribution in [3.05, 3.63) is 17.7 Å². The highest BCUT2D eigenvalue weighted by molar-refractivity contribution is 5.84. The molecule has 1 saturated carbocycles. The first kappa shape index (κ1) is 17.3. The number of H-pyrrole nitrogens is 1. The molecule has 0 radical (unpaired) electrons. The standard InChI is InChI=1S/C16H22F3N3O2/c1-24-10-15(5-3-6-15)14(23)22-7-2-4-11(9-22)13-20-8-12(21-13)16(17,18)19/h8,11H,2-7,9-10H2,1H3,(H,20,21). The number of hydrogen-bond donors (Lipinski definition) is 1. The molecule has 2 aliphatic rings. The van der Waals surface area contributed by atoms with Crippen LogP contribution in [0.3, 0.4) is 0 Å². The second-order valence-corrected chi connectivity index (χ2v) is 6.84. The van der Waals surface area contributed by atoms with Crippen molar-refractivity contribution >= 4 is 5.91 Å². The number of halogens is 3. The quantitative estimate of drug-likeness (QED) is 0.913. The molecule has 1 saturated heterocycles. The minimum atomic E-state index is -4.43. The highest BCUT2D eigenvalue weighted by Crippen LogP contribution is 2.43. The Hall–Kier alpha value is -1.57. The van der Waals surface area contributed by atoms with E-state index < -0.39 is 17.3 Å². The molecule has 1 atom stereocenters. The molecule has 1 aliphatic carbocycles. The number of hydrogen-bond acceptors (Lipinski definition) is 3. The molecular weight excluding hydrogens is 323 g/mol. The molecule has 8 heteroatoms. The second kappa shape index (κ2) is 6.38. The fourth-order valence-corrected chi connectivity index (χ4v) is 3.71. The molecule has 24 heavy (non-hydrogen) atoms. The van der Waals surface area contributed by atoms with Gasteiger partial charge < -0.3 is 14.6 Å². The van der Waals surface area contributed by atoms with Gasteiger partial charge in [0.15, 0.2) is 0 Å². The minimum Gasteiger partial charge on any atom is -0.384 e. The van der Waals surface area contributed by atoms with Crippen LogP contribution in [0.1, 0.15) is 49.5 Å². The molecule has 2 fully saturated rings. The van der Waals surface area contributed by atoms with Gasteiger partial charge in [-0.3, -0.25) is 4.79 Å². The van der Waals surface area contributed by atoms with Crippen molar-refractivity contribution in [2.75, 3.05) is 26.8 Å². The third-order valence-electron chi connectivity index (χ3n) is 5.18. The number of nitrogens with one attached hydrogen (secondary N) is 1. The largest absolute Gasteiger partial charge is 0.432 e. The third-order valence-corrected chi connectivity index (χ3v) is 5.18. The Bertz CT molecular complexity index is 596. The van der Waals surface area contributed by atoms with E-state index in [1.54, 1.807) is 12.0 Å². The maximum absolute atomic E-state index is 12.9. The molecule has 1 unspecified atom stereocenters. The number of carbonyl (C=O) groups excluding carboxylic acids is 1. The summed E-state index contributed by atoms with van der Waals surface area (Å²) in [5.74, 6) is 0.204. The van der Waals surface area contributed by atoms with Crippen LogP contribution in [0.15, 0.2) is 6.20 Å². The van der Waals surface area contributed by atoms with Gasteiger partial charge in [0, 0.05) is 26.1 Å². The number of aromatic amines is 1. The van der Waals surface area contributed by atoms with Gasteiger partial charge in [-0.2, -0.15) is 13.2 Å². The molecule has 2 heterocycles. The Morgan fingerprint density at radius 2 is 2.21 bits per heavy atom. The minimum absolute atomic E-state index is 0.0721. The first-order chi connectivity index (χ1) is 11.4. The van der Waals surface area contributed by atoms with E-state index >= 15 is 0 Å². The summed E-state index contributed by atoms with van der Waals surface area (Å²) >= 11 is 0. The molecule has 1 aromatic rings. The van der Waals surface area contributed by atoms with Crippen LogP contribution in [0.4, 0.5) is 13.2 Å². The van der Waals surface area contributed by atoms with Crippen molar-refractivity contribution in [2.24, 2.45) is 5.41 Å². The Labute approximate surface area is 138 Å². The summed E-state index contributed by atoms with van der Waals surface area (Å²) in [5.41, 5.74) is -1.27. The van der Waals surface area contributed by atoms with E-state index in [1.165, 1.54) is 0 Å². The van der Waals surface area contributed by atoms with Gasteiger partial charge >= 0.3 is 6.18 Å². The number of alkyl halides is 3. The van der Waals surface area contributed by atoms with Gasteiger partial charge in [-0.15, -0.1) is 0 Å². The van der Waals surface area contributed by atoms with E-state index in [-0.39, 0.29) is 11.8 Å². The van der Waals surface area contributed by atoms with Crippen LogP contribution in [0.2, 0.25) is 0 Å². The summed E-state index contributed by atoms with van der Waals surface area (Å²) in [4.78, 5) is 20.9. The Balaban J connectivity index is 1.70. The van der Waals surface area contributed by atoms with Crippen molar-refractivity contribution in [3.8, 4) is 0 Å². The number of methoxy groups -OCH3 is 1. The zero-order chi connectivity index (χ0) is 17.4. The number of nitrogens with zero attached hydrogens (tertiary/aromatic N) is 2. The summed E-state index contributed by atoms with van der Waals surface area (Å²) < 4.78 is 43.4. The maximum Gasteiger partial charge on any atom is 0.432 e. The predicted molar refractivity (Wildman–Crippen MR) is 80.3 cm³/mol. The van der Waals surface area contributed by atoms with E-state index in [4.69, 9.17) is 4.74 Å². The summed E-state index contributed by atoms with van der Waals surface area (Å²) in [5, 5.41) is 0. The van der Waals surface area contributed by atoms with Gasteiger partial charge in [-0.25, -0.2) is 4.98 Å². The van der Waals surface area contributed by atoms with E-state index in [9.17, 15) is 18.0 Å². The lowest BCUT2D eigenvalue weighted by Gasteiger charge is -2.45. The third kappa shape index (κ3) is 3.16. The van der Waals surface area contributed by atoms with Gasteiger partial charge in [0.2, 0.25) is 5.91 Å². The Morgan fingerprint density at radius 3 is 2.75 bits per heavy atom. The first-order valence-corrected chi connectivity index (χ1v) is 8.26. The SMILES string of the molecule is COCC1(C(=O)N2CCCC(c3ncc(C(F)(F)F)[nH]3)C2)CCC1. The average Bonchev–Trinajstić information content (AvgIpc) is 3.00. The molecule has 1 N–H and O–H groups in total. The lowest BCUT2D eigenvalue weighted by atomic mass is 9.68. The number of rotatable bonds is 4. The van der Waals surface area contributed by atoms with E-state index in [1.807, 2.05) is 0 Å². The number of imidazole rings is 1. The predicted octanol–water partition coefficient (Wildman–Crippen LogP) is 2.95. The number of likely N-dealkylation sites (tertiary alicyclic amines) is 1. The summed E-state index contributed by atoms with van der Waals surface area (Å²) in [6.07, 6.45) is 0.546. The van der Waals surface area contributed by atoms with Crippen LogP contribution >= 0.6 is 0 Å². The molecule has 0 aromatic carbocycles. The second-order valence-electron chi connectivity index (χ2n) is 6.84. The molecular formula is C16H22F3N3O2. The highest BCUT2D eigenvalue weighted by atomic mass is 19.4. The van der Waals surface area contributed by atoms with Crippen molar-refractivity contribution in [1.29, 1.82) is 0 Å². The monoisotopic (exact) mass is 345 g/mol. The van der Waals surface area contributed by atoms with Gasteiger partial charge in [-0.1, -0.05) is 6.42 Å². The molecule has 1 amide bonds. The van der Waals surface area contributed by atoms with Crippen molar-refractivity contribution in [3.63, 3.8) is 0 Å². The Morgan fingerprint density at radius 1 is 1.46 bits per heavy atom. The summed E-state index contributed by atoms with van der Waals surface area (Å²) in [6.45, 7) is 1.47. The zero-order valence-electron chi connectivity index (χ0n) is 13.7. The van der Waals surface area contributed by atoms with E-state index in [0.29, 0.717) is 25.5 Å². The van der Waals surface area contributed by atoms with E-state index in [2.05, 4.69) is 9.97 Å². The van der Waals surface area contributed by atoms with Crippen LogP contribution in [0.25, 0.3) is 0 Å². The van der Waals surface area contributed by atoms with Crippen LogP contribution in [0, 0.1) is 5.41 Å². The zero-order valence-corrected chi connectivity index (χ0v) is 13.7.